The second-order valence-corrected chi connectivity index (χ2v) is 11.2. The van der Waals surface area contributed by atoms with Gasteiger partial charge in [0.1, 0.15) is 11.2 Å². The van der Waals surface area contributed by atoms with Gasteiger partial charge < -0.3 is 10.2 Å². The Kier molecular flexibility index (Phi) is 6.18. The van der Waals surface area contributed by atoms with Gasteiger partial charge >= 0.3 is 0 Å². The number of carbonyl (C=O) groups excluding carboxylic acids is 1. The lowest BCUT2D eigenvalue weighted by molar-refractivity contribution is -0.120. The lowest BCUT2D eigenvalue weighted by atomic mass is 9.66. The molecule has 45 heavy (non-hydrogen) atoms. The number of nitrogens with zero attached hydrogens (tertiary/aromatic N) is 4. The summed E-state index contributed by atoms with van der Waals surface area (Å²) >= 11 is 0. The molecule has 8 rings (SSSR count). The number of anilines is 2. The SMILES string of the molecule is N#CC1=C(c2ccccc2)Nc2c(c(-c3ccccc3)nn2-c2ccccc2)C12C(=O)N(Cc1ccccc1)c1ccccc12. The molecule has 0 saturated carbocycles. The van der Waals surface area contributed by atoms with Crippen LogP contribution in [0, 0.1) is 11.3 Å². The quantitative estimate of drug-likeness (QED) is 0.226. The molecule has 214 valence electrons. The van der Waals surface area contributed by atoms with Gasteiger partial charge in [-0.1, -0.05) is 127 Å². The number of benzene rings is 5. The Balaban J connectivity index is 1.51. The molecule has 6 aromatic rings. The Morgan fingerprint density at radius 1 is 0.711 bits per heavy atom. The van der Waals surface area contributed by atoms with Gasteiger partial charge in [0, 0.05) is 22.4 Å². The van der Waals surface area contributed by atoms with Crippen molar-refractivity contribution in [1.29, 1.82) is 5.26 Å². The normalized spacial score (nSPS) is 16.7. The number of para-hydroxylation sites is 2. The van der Waals surface area contributed by atoms with Crippen molar-refractivity contribution < 1.29 is 4.79 Å². The van der Waals surface area contributed by atoms with E-state index < -0.39 is 5.41 Å². The Hall–Kier alpha value is -6.19. The van der Waals surface area contributed by atoms with Crippen LogP contribution in [0.3, 0.4) is 0 Å². The van der Waals surface area contributed by atoms with Crippen molar-refractivity contribution in [2.45, 2.75) is 12.0 Å². The van der Waals surface area contributed by atoms with Crippen molar-refractivity contribution in [3.63, 3.8) is 0 Å². The molecular weight excluding hydrogens is 554 g/mol. The minimum atomic E-state index is -1.45. The van der Waals surface area contributed by atoms with Crippen molar-refractivity contribution >= 4 is 23.1 Å². The maximum atomic E-state index is 15.5. The van der Waals surface area contributed by atoms with Crippen LogP contribution in [-0.2, 0) is 16.8 Å². The van der Waals surface area contributed by atoms with E-state index in [-0.39, 0.29) is 5.91 Å². The maximum Gasteiger partial charge on any atom is 0.248 e. The van der Waals surface area contributed by atoms with Crippen LogP contribution in [-0.4, -0.2) is 15.7 Å². The predicted octanol–water partition coefficient (Wildman–Crippen LogP) is 7.73. The third-order valence-electron chi connectivity index (χ3n) is 8.70. The fourth-order valence-corrected chi connectivity index (χ4v) is 6.76. The van der Waals surface area contributed by atoms with Gasteiger partial charge in [0.15, 0.2) is 0 Å². The second kappa shape index (κ2) is 10.5. The molecule has 2 aliphatic rings. The van der Waals surface area contributed by atoms with E-state index in [0.717, 1.165) is 33.6 Å². The number of nitrogens with one attached hydrogen (secondary N) is 1. The van der Waals surface area contributed by atoms with Crippen LogP contribution < -0.4 is 10.2 Å². The molecule has 1 amide bonds. The van der Waals surface area contributed by atoms with Crippen LogP contribution in [0.25, 0.3) is 22.6 Å². The third-order valence-corrected chi connectivity index (χ3v) is 8.70. The molecule has 1 N–H and O–H groups in total. The zero-order valence-electron chi connectivity index (χ0n) is 24.3. The molecule has 0 bridgehead atoms. The minimum Gasteiger partial charge on any atom is -0.338 e. The largest absolute Gasteiger partial charge is 0.338 e. The fraction of sp³-hybridized carbons (Fsp3) is 0.0513. The number of hydrogen-bond donors (Lipinski definition) is 1. The first kappa shape index (κ1) is 26.4. The summed E-state index contributed by atoms with van der Waals surface area (Å²) in [5.41, 5.74) is 5.86. The molecule has 2 aliphatic heterocycles. The zero-order chi connectivity index (χ0) is 30.4. The standard InChI is InChI=1S/C39H27N5O/c40-25-32-35(28-17-7-2-8-18-28)41-37-34(36(29-19-9-3-10-20-29)42-44(37)30-21-11-4-12-22-30)39(32)31-23-13-14-24-33(31)43(38(39)45)26-27-15-5-1-6-16-27/h1-24,41H,26H2. The number of amides is 1. The van der Waals surface area contributed by atoms with Gasteiger partial charge in [-0.25, -0.2) is 4.68 Å². The van der Waals surface area contributed by atoms with Crippen LogP contribution in [0.15, 0.2) is 151 Å². The van der Waals surface area contributed by atoms with Crippen LogP contribution in [0.2, 0.25) is 0 Å². The van der Waals surface area contributed by atoms with E-state index in [1.54, 1.807) is 0 Å². The molecule has 0 fully saturated rings. The van der Waals surface area contributed by atoms with Crippen molar-refractivity contribution in [2.75, 3.05) is 10.2 Å². The van der Waals surface area contributed by atoms with Crippen LogP contribution >= 0.6 is 0 Å². The van der Waals surface area contributed by atoms with Gasteiger partial charge in [-0.3, -0.25) is 4.79 Å². The van der Waals surface area contributed by atoms with Crippen molar-refractivity contribution in [2.24, 2.45) is 0 Å². The third kappa shape index (κ3) is 3.95. The minimum absolute atomic E-state index is 0.176. The summed E-state index contributed by atoms with van der Waals surface area (Å²) in [5, 5.41) is 20.0. The molecule has 6 nitrogen and oxygen atoms in total. The van der Waals surface area contributed by atoms with Crippen molar-refractivity contribution in [3.8, 4) is 23.0 Å². The molecule has 6 heteroatoms. The first-order valence-corrected chi connectivity index (χ1v) is 14.9. The summed E-state index contributed by atoms with van der Waals surface area (Å²) in [7, 11) is 0. The predicted molar refractivity (Wildman–Crippen MR) is 176 cm³/mol. The Bertz CT molecular complexity index is 2130. The molecule has 0 saturated heterocycles. The first-order valence-electron chi connectivity index (χ1n) is 14.9. The van der Waals surface area contributed by atoms with Gasteiger partial charge in [0.25, 0.3) is 0 Å². The Morgan fingerprint density at radius 2 is 1.29 bits per heavy atom. The highest BCUT2D eigenvalue weighted by molar-refractivity contribution is 6.18. The number of aromatic nitrogens is 2. The molecule has 1 unspecified atom stereocenters. The summed E-state index contributed by atoms with van der Waals surface area (Å²) in [6.07, 6.45) is 0. The van der Waals surface area contributed by atoms with E-state index >= 15 is 4.79 Å². The van der Waals surface area contributed by atoms with E-state index in [0.29, 0.717) is 34.9 Å². The van der Waals surface area contributed by atoms with Crippen LogP contribution in [0.5, 0.6) is 0 Å². The summed E-state index contributed by atoms with van der Waals surface area (Å²) in [6, 6.07) is 49.9. The highest BCUT2D eigenvalue weighted by Crippen LogP contribution is 2.58. The summed E-state index contributed by atoms with van der Waals surface area (Å²) in [5.74, 6) is 0.479. The molecule has 0 radical (unpaired) electrons. The Morgan fingerprint density at radius 3 is 1.96 bits per heavy atom. The van der Waals surface area contributed by atoms with E-state index in [1.807, 2.05) is 155 Å². The number of nitriles is 1. The molecular formula is C39H27N5O. The molecule has 1 spiro atoms. The van der Waals surface area contributed by atoms with E-state index in [4.69, 9.17) is 5.10 Å². The average Bonchev–Trinajstić information content (AvgIpc) is 3.61. The molecule has 3 heterocycles. The summed E-state index contributed by atoms with van der Waals surface area (Å²) in [4.78, 5) is 17.3. The fourth-order valence-electron chi connectivity index (χ4n) is 6.76. The first-order chi connectivity index (χ1) is 22.2. The molecule has 0 aliphatic carbocycles. The number of rotatable bonds is 5. The van der Waals surface area contributed by atoms with E-state index in [1.165, 1.54) is 0 Å². The molecule has 5 aromatic carbocycles. The molecule has 1 aromatic heterocycles. The Labute approximate surface area is 261 Å². The highest BCUT2D eigenvalue weighted by Gasteiger charge is 2.60. The van der Waals surface area contributed by atoms with Gasteiger partial charge in [0.2, 0.25) is 5.91 Å². The topological polar surface area (TPSA) is 74.0 Å². The molecule has 1 atom stereocenters. The number of hydrogen-bond acceptors (Lipinski definition) is 4. The maximum absolute atomic E-state index is 15.5. The lowest BCUT2D eigenvalue weighted by Gasteiger charge is -2.36. The van der Waals surface area contributed by atoms with Crippen LogP contribution in [0.4, 0.5) is 11.5 Å². The monoisotopic (exact) mass is 581 g/mol. The van der Waals surface area contributed by atoms with Gasteiger partial charge in [0.05, 0.1) is 35.3 Å². The number of carbonyl (C=O) groups is 1. The van der Waals surface area contributed by atoms with Crippen LogP contribution in [0.1, 0.15) is 22.3 Å². The van der Waals surface area contributed by atoms with Gasteiger partial charge in [-0.05, 0) is 29.3 Å². The average molecular weight is 582 g/mol. The number of fused-ring (bicyclic) bond motifs is 4. The smallest absolute Gasteiger partial charge is 0.248 e. The van der Waals surface area contributed by atoms with E-state index in [2.05, 4.69) is 11.4 Å². The van der Waals surface area contributed by atoms with Gasteiger partial charge in [-0.2, -0.15) is 10.4 Å². The lowest BCUT2D eigenvalue weighted by Crippen LogP contribution is -2.45. The van der Waals surface area contributed by atoms with E-state index in [9.17, 15) is 5.26 Å². The highest BCUT2D eigenvalue weighted by atomic mass is 16.2. The zero-order valence-corrected chi connectivity index (χ0v) is 24.3. The second-order valence-electron chi connectivity index (χ2n) is 11.2. The van der Waals surface area contributed by atoms with Crippen molar-refractivity contribution in [1.82, 2.24) is 9.78 Å². The van der Waals surface area contributed by atoms with Gasteiger partial charge in [-0.15, -0.1) is 0 Å². The summed E-state index contributed by atoms with van der Waals surface area (Å²) < 4.78 is 1.87. The van der Waals surface area contributed by atoms with Crippen molar-refractivity contribution in [3.05, 3.63) is 173 Å². The summed E-state index contributed by atoms with van der Waals surface area (Å²) in [6.45, 7) is 0.369.